The number of carbonyl (C=O) groups is 2. The van der Waals surface area contributed by atoms with Crippen LogP contribution in [0.15, 0.2) is 70.2 Å². The molecule has 0 aliphatic carbocycles. The van der Waals surface area contributed by atoms with E-state index >= 15 is 0 Å². The van der Waals surface area contributed by atoms with E-state index in [1.807, 2.05) is 0 Å². The standard InChI is InChI=1S/C22H21ClN4O5S/c1-26(2)14-24-33(31,32)20-12-17(25-21(28)11-15-5-3-4-6-19(15)23)7-8-18(20)16-9-10-27(13-16)22(29)30/h3-10,12-14H,11H2,1-2H3,(H,25,28)(H,29,30). The van der Waals surface area contributed by atoms with Crippen LogP contribution in [0.2, 0.25) is 5.02 Å². The third-order valence-corrected chi connectivity index (χ3v) is 6.13. The van der Waals surface area contributed by atoms with E-state index < -0.39 is 16.1 Å². The molecule has 1 heterocycles. The highest BCUT2D eigenvalue weighted by Gasteiger charge is 2.21. The summed E-state index contributed by atoms with van der Waals surface area (Å²) in [4.78, 5) is 25.0. The molecule has 0 spiro atoms. The van der Waals surface area contributed by atoms with E-state index in [4.69, 9.17) is 16.7 Å². The lowest BCUT2D eigenvalue weighted by molar-refractivity contribution is -0.115. The monoisotopic (exact) mass is 488 g/mol. The van der Waals surface area contributed by atoms with Gasteiger partial charge in [0.25, 0.3) is 10.0 Å². The molecular formula is C22H21ClN4O5S. The van der Waals surface area contributed by atoms with Gasteiger partial charge in [0.15, 0.2) is 0 Å². The Morgan fingerprint density at radius 3 is 2.55 bits per heavy atom. The van der Waals surface area contributed by atoms with Gasteiger partial charge in [-0.1, -0.05) is 35.9 Å². The topological polar surface area (TPSA) is 121 Å². The molecule has 1 amide bonds. The number of amides is 1. The first-order chi connectivity index (χ1) is 15.6. The van der Waals surface area contributed by atoms with Gasteiger partial charge in [-0.2, -0.15) is 8.42 Å². The van der Waals surface area contributed by atoms with Crippen molar-refractivity contribution in [1.82, 2.24) is 9.47 Å². The number of sulfonamides is 1. The quantitative estimate of drug-likeness (QED) is 0.385. The number of nitrogens with one attached hydrogen (secondary N) is 1. The van der Waals surface area contributed by atoms with Crippen molar-refractivity contribution in [3.05, 3.63) is 71.5 Å². The van der Waals surface area contributed by atoms with Gasteiger partial charge in [0.05, 0.1) is 11.3 Å². The second-order valence-corrected chi connectivity index (χ2v) is 9.28. The minimum atomic E-state index is -4.17. The first-order valence-electron chi connectivity index (χ1n) is 9.62. The Morgan fingerprint density at radius 1 is 1.18 bits per heavy atom. The van der Waals surface area contributed by atoms with Gasteiger partial charge >= 0.3 is 6.09 Å². The first kappa shape index (κ1) is 24.0. The zero-order valence-electron chi connectivity index (χ0n) is 17.8. The van der Waals surface area contributed by atoms with Crippen molar-refractivity contribution < 1.29 is 23.1 Å². The lowest BCUT2D eigenvalue weighted by Crippen LogP contribution is -2.15. The van der Waals surface area contributed by atoms with Crippen molar-refractivity contribution in [2.24, 2.45) is 4.40 Å². The normalized spacial score (nSPS) is 11.5. The van der Waals surface area contributed by atoms with Crippen molar-refractivity contribution in [3.8, 4) is 11.1 Å². The predicted molar refractivity (Wildman–Crippen MR) is 126 cm³/mol. The van der Waals surface area contributed by atoms with Crippen LogP contribution in [-0.2, 0) is 21.2 Å². The zero-order valence-corrected chi connectivity index (χ0v) is 19.3. The number of carboxylic acid groups (broad SMARTS) is 1. The van der Waals surface area contributed by atoms with Crippen LogP contribution in [0.3, 0.4) is 0 Å². The molecule has 1 aromatic heterocycles. The maximum Gasteiger partial charge on any atom is 0.415 e. The molecule has 2 N–H and O–H groups in total. The largest absolute Gasteiger partial charge is 0.464 e. The Balaban J connectivity index is 1.99. The summed E-state index contributed by atoms with van der Waals surface area (Å²) in [7, 11) is -0.924. The van der Waals surface area contributed by atoms with Crippen LogP contribution >= 0.6 is 11.6 Å². The van der Waals surface area contributed by atoms with Gasteiger partial charge in [0, 0.05) is 48.3 Å². The summed E-state index contributed by atoms with van der Waals surface area (Å²) in [5.74, 6) is -0.381. The van der Waals surface area contributed by atoms with Gasteiger partial charge in [0.1, 0.15) is 6.34 Å². The molecule has 0 bridgehead atoms. The number of rotatable bonds is 7. The van der Waals surface area contributed by atoms with E-state index in [0.29, 0.717) is 16.1 Å². The van der Waals surface area contributed by atoms with Crippen molar-refractivity contribution in [2.45, 2.75) is 11.3 Å². The number of carbonyl (C=O) groups excluding carboxylic acids is 1. The highest BCUT2D eigenvalue weighted by Crippen LogP contribution is 2.31. The fraction of sp³-hybridized carbons (Fsp3) is 0.136. The molecule has 0 atom stereocenters. The summed E-state index contributed by atoms with van der Waals surface area (Å²) in [5.41, 5.74) is 1.49. The van der Waals surface area contributed by atoms with Gasteiger partial charge < -0.3 is 15.3 Å². The molecule has 172 valence electrons. The summed E-state index contributed by atoms with van der Waals surface area (Å²) in [6, 6.07) is 12.7. The molecule has 3 aromatic rings. The van der Waals surface area contributed by atoms with Gasteiger partial charge in [-0.15, -0.1) is 4.40 Å². The number of hydrogen-bond donors (Lipinski definition) is 2. The Bertz CT molecular complexity index is 1330. The van der Waals surface area contributed by atoms with E-state index in [2.05, 4.69) is 9.71 Å². The Labute approximate surface area is 196 Å². The van der Waals surface area contributed by atoms with Crippen LogP contribution in [0.5, 0.6) is 0 Å². The Morgan fingerprint density at radius 2 is 1.91 bits per heavy atom. The van der Waals surface area contributed by atoms with Crippen LogP contribution in [0, 0.1) is 0 Å². The second kappa shape index (κ2) is 9.88. The summed E-state index contributed by atoms with van der Waals surface area (Å²) in [6.45, 7) is 0. The molecule has 0 aliphatic rings. The molecule has 3 rings (SSSR count). The number of halogens is 1. The molecule has 0 unspecified atom stereocenters. The number of hydrogen-bond acceptors (Lipinski definition) is 4. The SMILES string of the molecule is CN(C)C=NS(=O)(=O)c1cc(NC(=O)Cc2ccccc2Cl)ccc1-c1ccn(C(=O)O)c1. The maximum atomic E-state index is 13.0. The van der Waals surface area contributed by atoms with Crippen molar-refractivity contribution in [2.75, 3.05) is 19.4 Å². The Kier molecular flexibility index (Phi) is 7.19. The third-order valence-electron chi connectivity index (χ3n) is 4.49. The highest BCUT2D eigenvalue weighted by atomic mass is 35.5. The smallest absolute Gasteiger partial charge is 0.415 e. The summed E-state index contributed by atoms with van der Waals surface area (Å²) in [6.07, 6.45) is 2.53. The lowest BCUT2D eigenvalue weighted by atomic mass is 10.1. The predicted octanol–water partition coefficient (Wildman–Crippen LogP) is 3.79. The van der Waals surface area contributed by atoms with Gasteiger partial charge in [0.2, 0.25) is 5.91 Å². The van der Waals surface area contributed by atoms with Crippen LogP contribution in [0.4, 0.5) is 10.5 Å². The van der Waals surface area contributed by atoms with E-state index in [-0.39, 0.29) is 28.5 Å². The zero-order chi connectivity index (χ0) is 24.2. The number of benzene rings is 2. The van der Waals surface area contributed by atoms with Crippen LogP contribution < -0.4 is 5.32 Å². The molecule has 0 saturated carbocycles. The molecule has 33 heavy (non-hydrogen) atoms. The average Bonchev–Trinajstić information content (AvgIpc) is 3.24. The molecule has 0 aliphatic heterocycles. The van der Waals surface area contributed by atoms with Gasteiger partial charge in [-0.05, 0) is 29.8 Å². The van der Waals surface area contributed by atoms with E-state index in [1.54, 1.807) is 38.4 Å². The molecular weight excluding hydrogens is 468 g/mol. The lowest BCUT2D eigenvalue weighted by Gasteiger charge is -2.12. The van der Waals surface area contributed by atoms with Crippen LogP contribution in [0.25, 0.3) is 11.1 Å². The average molecular weight is 489 g/mol. The van der Waals surface area contributed by atoms with E-state index in [0.717, 1.165) is 10.9 Å². The van der Waals surface area contributed by atoms with Crippen molar-refractivity contribution in [1.29, 1.82) is 0 Å². The molecule has 9 nitrogen and oxygen atoms in total. The molecule has 0 saturated heterocycles. The van der Waals surface area contributed by atoms with Crippen molar-refractivity contribution >= 4 is 45.7 Å². The number of nitrogens with zero attached hydrogens (tertiary/aromatic N) is 3. The number of aromatic nitrogens is 1. The fourth-order valence-corrected chi connectivity index (χ4v) is 4.33. The van der Waals surface area contributed by atoms with Crippen molar-refractivity contribution in [3.63, 3.8) is 0 Å². The van der Waals surface area contributed by atoms with Gasteiger partial charge in [-0.25, -0.2) is 4.79 Å². The van der Waals surface area contributed by atoms with E-state index in [1.165, 1.54) is 41.6 Å². The fourth-order valence-electron chi connectivity index (χ4n) is 2.96. The highest BCUT2D eigenvalue weighted by molar-refractivity contribution is 7.90. The minimum absolute atomic E-state index is 0.00372. The molecule has 0 fully saturated rings. The number of anilines is 1. The summed E-state index contributed by atoms with van der Waals surface area (Å²) < 4.78 is 30.5. The molecule has 0 radical (unpaired) electrons. The molecule has 2 aromatic carbocycles. The first-order valence-corrected chi connectivity index (χ1v) is 11.4. The maximum absolute atomic E-state index is 13.0. The summed E-state index contributed by atoms with van der Waals surface area (Å²) in [5, 5.41) is 12.3. The molecule has 11 heteroatoms. The van der Waals surface area contributed by atoms with Crippen LogP contribution in [0.1, 0.15) is 5.56 Å². The summed E-state index contributed by atoms with van der Waals surface area (Å²) >= 11 is 6.11. The van der Waals surface area contributed by atoms with Gasteiger partial charge in [-0.3, -0.25) is 9.36 Å². The minimum Gasteiger partial charge on any atom is -0.464 e. The Hall–Kier alpha value is -3.63. The van der Waals surface area contributed by atoms with Crippen LogP contribution in [-0.4, -0.2) is 55.4 Å². The van der Waals surface area contributed by atoms with E-state index in [9.17, 15) is 18.0 Å². The second-order valence-electron chi connectivity index (χ2n) is 7.28. The third kappa shape index (κ3) is 5.99.